The number of fused-ring (bicyclic) bond motifs is 3. The van der Waals surface area contributed by atoms with Gasteiger partial charge in [0.2, 0.25) is 5.82 Å². The molecule has 0 amide bonds. The topological polar surface area (TPSA) is 107 Å². The van der Waals surface area contributed by atoms with Gasteiger partial charge in [0.1, 0.15) is 23.9 Å². The second kappa shape index (κ2) is 8.68. The molecule has 2 aromatic heterocycles. The average molecular weight is 541 g/mol. The number of nitrogens with one attached hydrogen (secondary N) is 1. The van der Waals surface area contributed by atoms with Crippen molar-refractivity contribution in [1.29, 1.82) is 5.26 Å². The number of rotatable bonds is 5. The Morgan fingerprint density at radius 2 is 1.94 bits per heavy atom. The summed E-state index contributed by atoms with van der Waals surface area (Å²) in [6.07, 6.45) is 3.23. The molecule has 0 spiro atoms. The van der Waals surface area contributed by atoms with Crippen molar-refractivity contribution < 1.29 is 23.1 Å². The minimum atomic E-state index is -4.50. The molecule has 34 heavy (non-hydrogen) atoms. The maximum atomic E-state index is 13.1. The molecule has 3 unspecified atom stereocenters. The molecule has 0 radical (unpaired) electrons. The minimum absolute atomic E-state index is 0.0995. The quantitative estimate of drug-likeness (QED) is 0.582. The summed E-state index contributed by atoms with van der Waals surface area (Å²) in [4.78, 5) is 22.4. The van der Waals surface area contributed by atoms with E-state index in [-0.39, 0.29) is 34.9 Å². The summed E-state index contributed by atoms with van der Waals surface area (Å²) < 4.78 is 40.6. The van der Waals surface area contributed by atoms with Crippen LogP contribution in [0.2, 0.25) is 0 Å². The van der Waals surface area contributed by atoms with Crippen LogP contribution in [0.15, 0.2) is 10.7 Å². The Kier molecular flexibility index (Phi) is 5.96. The molecule has 12 heteroatoms. The van der Waals surface area contributed by atoms with Crippen LogP contribution in [0.3, 0.4) is 0 Å². The van der Waals surface area contributed by atoms with Crippen LogP contribution >= 0.6 is 15.9 Å². The molecule has 1 saturated carbocycles. The number of carboxylic acid groups (broad SMARTS) is 1. The maximum absolute atomic E-state index is 13.1. The predicted octanol–water partition coefficient (Wildman–Crippen LogP) is 4.29. The monoisotopic (exact) mass is 540 g/mol. The van der Waals surface area contributed by atoms with Crippen molar-refractivity contribution in [2.75, 3.05) is 5.32 Å². The molecule has 4 heterocycles. The maximum Gasteiger partial charge on any atom is 0.406 e. The first-order valence-electron chi connectivity index (χ1n) is 11.4. The number of aliphatic carboxylic acids is 1. The van der Waals surface area contributed by atoms with E-state index in [4.69, 9.17) is 0 Å². The Balaban J connectivity index is 1.30. The van der Waals surface area contributed by atoms with E-state index in [2.05, 4.69) is 36.1 Å². The number of halogens is 4. The van der Waals surface area contributed by atoms with E-state index in [9.17, 15) is 28.3 Å². The Morgan fingerprint density at radius 3 is 2.56 bits per heavy atom. The fourth-order valence-corrected chi connectivity index (χ4v) is 6.82. The normalized spacial score (nSPS) is 29.4. The van der Waals surface area contributed by atoms with Crippen LogP contribution in [-0.2, 0) is 11.3 Å². The smallest absolute Gasteiger partial charge is 0.406 e. The lowest BCUT2D eigenvalue weighted by atomic mass is 9.88. The third-order valence-electron chi connectivity index (χ3n) is 7.53. The first-order chi connectivity index (χ1) is 16.2. The molecule has 2 saturated heterocycles. The summed E-state index contributed by atoms with van der Waals surface area (Å²) in [6, 6.07) is 2.70. The van der Waals surface area contributed by atoms with Crippen LogP contribution in [0.4, 0.5) is 19.0 Å². The van der Waals surface area contributed by atoms with Crippen LogP contribution in [-0.4, -0.2) is 60.9 Å². The van der Waals surface area contributed by atoms with Crippen molar-refractivity contribution in [3.63, 3.8) is 0 Å². The van der Waals surface area contributed by atoms with Gasteiger partial charge in [-0.3, -0.25) is 9.69 Å². The second-order valence-electron chi connectivity index (χ2n) is 9.48. The van der Waals surface area contributed by atoms with E-state index < -0.39 is 18.7 Å². The number of anilines is 1. The molecule has 0 aromatic carbocycles. The Bertz CT molecular complexity index is 1150. The zero-order chi connectivity index (χ0) is 24.2. The lowest BCUT2D eigenvalue weighted by Gasteiger charge is -2.38. The van der Waals surface area contributed by atoms with E-state index >= 15 is 0 Å². The molecule has 2 bridgehead atoms. The number of aromatic nitrogens is 3. The summed E-state index contributed by atoms with van der Waals surface area (Å²) in [5.41, 5.74) is 0.410. The highest BCUT2D eigenvalue weighted by Gasteiger charge is 2.51. The first-order valence-corrected chi connectivity index (χ1v) is 12.2. The van der Waals surface area contributed by atoms with Gasteiger partial charge in [0, 0.05) is 24.2 Å². The van der Waals surface area contributed by atoms with Gasteiger partial charge in [0.15, 0.2) is 0 Å². The molecule has 1 aliphatic carbocycles. The van der Waals surface area contributed by atoms with Crippen LogP contribution in [0.25, 0.3) is 11.0 Å². The van der Waals surface area contributed by atoms with Gasteiger partial charge >= 0.3 is 12.1 Å². The van der Waals surface area contributed by atoms with Crippen LogP contribution < -0.4 is 5.32 Å². The molecular formula is C22H24BrF3N6O2. The van der Waals surface area contributed by atoms with E-state index in [1.165, 1.54) is 6.20 Å². The predicted molar refractivity (Wildman–Crippen MR) is 120 cm³/mol. The molecule has 3 fully saturated rings. The van der Waals surface area contributed by atoms with E-state index in [0.29, 0.717) is 22.4 Å². The van der Waals surface area contributed by atoms with Gasteiger partial charge in [-0.1, -0.05) is 0 Å². The van der Waals surface area contributed by atoms with E-state index in [1.54, 1.807) is 6.07 Å². The van der Waals surface area contributed by atoms with Crippen molar-refractivity contribution in [2.24, 2.45) is 5.92 Å². The number of alkyl halides is 3. The molecule has 8 nitrogen and oxygen atoms in total. The molecule has 3 atom stereocenters. The minimum Gasteiger partial charge on any atom is -0.481 e. The highest BCUT2D eigenvalue weighted by Crippen LogP contribution is 2.45. The molecule has 182 valence electrons. The standard InChI is InChI=1S/C22H24BrF3N6O2/c23-18-19-15(30-17(8-27)31(19)10-22(24,25)26)9-28-20(18)29-11-1-3-12(4-2-11)32-13-5-6-16(32)14(7-13)21(33)34/h9,11-14,16H,1-7,10H2,(H,28,29)(H,33,34). The van der Waals surface area contributed by atoms with Crippen molar-refractivity contribution in [3.8, 4) is 6.07 Å². The number of hydrogen-bond acceptors (Lipinski definition) is 6. The van der Waals surface area contributed by atoms with E-state index in [1.807, 2.05) is 0 Å². The molecule has 2 N–H and O–H groups in total. The van der Waals surface area contributed by atoms with Crippen LogP contribution in [0.1, 0.15) is 50.8 Å². The van der Waals surface area contributed by atoms with Gasteiger partial charge in [0.25, 0.3) is 0 Å². The summed E-state index contributed by atoms with van der Waals surface area (Å²) in [7, 11) is 0. The number of nitrogens with zero attached hydrogens (tertiary/aromatic N) is 5. The first kappa shape index (κ1) is 23.4. The molecule has 2 aliphatic heterocycles. The van der Waals surface area contributed by atoms with Gasteiger partial charge in [-0.25, -0.2) is 9.97 Å². The highest BCUT2D eigenvalue weighted by atomic mass is 79.9. The third-order valence-corrected chi connectivity index (χ3v) is 8.28. The number of imidazole rings is 1. The average Bonchev–Trinajstić information content (AvgIpc) is 3.46. The zero-order valence-corrected chi connectivity index (χ0v) is 19.8. The summed E-state index contributed by atoms with van der Waals surface area (Å²) in [6.45, 7) is -1.31. The van der Waals surface area contributed by atoms with Gasteiger partial charge in [-0.15, -0.1) is 0 Å². The van der Waals surface area contributed by atoms with Crippen molar-refractivity contribution in [2.45, 2.75) is 81.8 Å². The summed E-state index contributed by atoms with van der Waals surface area (Å²) in [5.74, 6) is -0.840. The van der Waals surface area contributed by atoms with Gasteiger partial charge in [-0.2, -0.15) is 18.4 Å². The number of carboxylic acids is 1. The summed E-state index contributed by atoms with van der Waals surface area (Å²) >= 11 is 3.39. The van der Waals surface area contributed by atoms with Crippen LogP contribution in [0, 0.1) is 17.2 Å². The molecule has 5 rings (SSSR count). The molecule has 3 aliphatic rings. The second-order valence-corrected chi connectivity index (χ2v) is 10.3. The van der Waals surface area contributed by atoms with E-state index in [0.717, 1.165) is 49.5 Å². The van der Waals surface area contributed by atoms with Gasteiger partial charge < -0.3 is 15.0 Å². The van der Waals surface area contributed by atoms with Gasteiger partial charge in [0.05, 0.1) is 22.1 Å². The molecule has 2 aromatic rings. The number of hydrogen-bond donors (Lipinski definition) is 2. The Hall–Kier alpha value is -2.39. The van der Waals surface area contributed by atoms with Gasteiger partial charge in [-0.05, 0) is 60.9 Å². The largest absolute Gasteiger partial charge is 0.481 e. The third kappa shape index (κ3) is 4.13. The highest BCUT2D eigenvalue weighted by molar-refractivity contribution is 9.10. The lowest BCUT2D eigenvalue weighted by molar-refractivity contribution is -0.143. The van der Waals surface area contributed by atoms with Crippen molar-refractivity contribution in [3.05, 3.63) is 16.5 Å². The lowest BCUT2D eigenvalue weighted by Crippen LogP contribution is -2.44. The SMILES string of the molecule is N#Cc1nc2cnc(NC3CCC(N4C5CCC4C(C(=O)O)C5)CC3)c(Br)c2n1CC(F)(F)F. The van der Waals surface area contributed by atoms with Crippen molar-refractivity contribution >= 4 is 38.8 Å². The fourth-order valence-electron chi connectivity index (χ4n) is 6.18. The summed E-state index contributed by atoms with van der Waals surface area (Å²) in [5, 5.41) is 22.1. The number of pyridine rings is 1. The van der Waals surface area contributed by atoms with Crippen molar-refractivity contribution in [1.82, 2.24) is 19.4 Å². The van der Waals surface area contributed by atoms with Crippen LogP contribution in [0.5, 0.6) is 0 Å². The Morgan fingerprint density at radius 1 is 1.24 bits per heavy atom. The fraction of sp³-hybridized carbons (Fsp3) is 0.636. The molecular weight excluding hydrogens is 517 g/mol. The Labute approximate surface area is 202 Å². The number of carbonyl (C=O) groups is 1. The zero-order valence-electron chi connectivity index (χ0n) is 18.2. The number of nitriles is 1.